The number of methoxy groups -OCH3 is 1. The summed E-state index contributed by atoms with van der Waals surface area (Å²) in [7, 11) is 1.62. The third-order valence-corrected chi connectivity index (χ3v) is 5.50. The van der Waals surface area contributed by atoms with Crippen molar-refractivity contribution in [1.29, 1.82) is 0 Å². The van der Waals surface area contributed by atoms with Gasteiger partial charge in [0.2, 0.25) is 5.91 Å². The van der Waals surface area contributed by atoms with Crippen LogP contribution in [0.5, 0.6) is 5.75 Å². The van der Waals surface area contributed by atoms with E-state index >= 15 is 0 Å². The average molecular weight is 388 g/mol. The first-order valence-electron chi connectivity index (χ1n) is 9.10. The highest BCUT2D eigenvalue weighted by Gasteiger charge is 2.22. The van der Waals surface area contributed by atoms with Crippen LogP contribution >= 0.6 is 11.3 Å². The van der Waals surface area contributed by atoms with Gasteiger partial charge in [0.15, 0.2) is 0 Å². The highest BCUT2D eigenvalue weighted by Crippen LogP contribution is 2.14. The molecule has 1 aromatic heterocycles. The fraction of sp³-hybridized carbons (Fsp3) is 0.400. The van der Waals surface area contributed by atoms with Gasteiger partial charge in [-0.25, -0.2) is 0 Å². The minimum Gasteiger partial charge on any atom is -0.497 e. The lowest BCUT2D eigenvalue weighted by atomic mass is 10.1. The largest absolute Gasteiger partial charge is 0.497 e. The molecule has 0 aliphatic carbocycles. The summed E-state index contributed by atoms with van der Waals surface area (Å²) < 4.78 is 5.18. The minimum atomic E-state index is 0.00904. The van der Waals surface area contributed by atoms with Gasteiger partial charge >= 0.3 is 0 Å². The Balaban J connectivity index is 1.35. The summed E-state index contributed by atoms with van der Waals surface area (Å²) in [6, 6.07) is 11.3. The third-order valence-electron chi connectivity index (χ3n) is 4.64. The number of amides is 2. The van der Waals surface area contributed by atoms with Crippen molar-refractivity contribution in [1.82, 2.24) is 15.1 Å². The van der Waals surface area contributed by atoms with E-state index in [1.807, 2.05) is 46.7 Å². The molecule has 1 aliphatic rings. The predicted molar refractivity (Wildman–Crippen MR) is 106 cm³/mol. The van der Waals surface area contributed by atoms with E-state index in [-0.39, 0.29) is 11.8 Å². The molecule has 1 saturated heterocycles. The standard InChI is InChI=1S/C20H25N3O3S/c1-26-17-5-2-4-16(14-17)15-19(24)21-7-8-22-9-11-23(12-10-22)20(25)18-6-3-13-27-18/h2-6,13-14H,7-12,15H2,1H3,(H,21,24). The molecule has 0 unspecified atom stereocenters. The Bertz CT molecular complexity index is 756. The predicted octanol–water partition coefficient (Wildman–Crippen LogP) is 1.87. The number of nitrogens with one attached hydrogen (secondary N) is 1. The number of hydrogen-bond donors (Lipinski definition) is 1. The summed E-state index contributed by atoms with van der Waals surface area (Å²) in [4.78, 5) is 29.4. The highest BCUT2D eigenvalue weighted by molar-refractivity contribution is 7.12. The number of hydrogen-bond acceptors (Lipinski definition) is 5. The van der Waals surface area contributed by atoms with Crippen molar-refractivity contribution in [2.45, 2.75) is 6.42 Å². The van der Waals surface area contributed by atoms with E-state index in [9.17, 15) is 9.59 Å². The quantitative estimate of drug-likeness (QED) is 0.788. The molecule has 0 saturated carbocycles. The van der Waals surface area contributed by atoms with E-state index < -0.39 is 0 Å². The van der Waals surface area contributed by atoms with Crippen LogP contribution in [0.4, 0.5) is 0 Å². The number of carbonyl (C=O) groups excluding carboxylic acids is 2. The molecule has 27 heavy (non-hydrogen) atoms. The third kappa shape index (κ3) is 5.55. The minimum absolute atomic E-state index is 0.00904. The highest BCUT2D eigenvalue weighted by atomic mass is 32.1. The number of nitrogens with zero attached hydrogens (tertiary/aromatic N) is 2. The molecule has 0 radical (unpaired) electrons. The molecule has 0 spiro atoms. The second-order valence-corrected chi connectivity index (χ2v) is 7.44. The lowest BCUT2D eigenvalue weighted by molar-refractivity contribution is -0.120. The number of rotatable bonds is 7. The van der Waals surface area contributed by atoms with Gasteiger partial charge in [0, 0.05) is 39.3 Å². The molecule has 1 fully saturated rings. The summed E-state index contributed by atoms with van der Waals surface area (Å²) >= 11 is 1.49. The Morgan fingerprint density at radius 3 is 2.67 bits per heavy atom. The van der Waals surface area contributed by atoms with Gasteiger partial charge in [0.25, 0.3) is 5.91 Å². The molecule has 2 heterocycles. The van der Waals surface area contributed by atoms with E-state index in [4.69, 9.17) is 4.74 Å². The van der Waals surface area contributed by atoms with Gasteiger partial charge in [-0.15, -0.1) is 11.3 Å². The second kappa shape index (κ2) is 9.53. The summed E-state index contributed by atoms with van der Waals surface area (Å²) in [6.07, 6.45) is 0.348. The van der Waals surface area contributed by atoms with E-state index in [0.29, 0.717) is 13.0 Å². The van der Waals surface area contributed by atoms with E-state index in [0.717, 1.165) is 48.9 Å². The van der Waals surface area contributed by atoms with Gasteiger partial charge in [-0.2, -0.15) is 0 Å². The number of piperazine rings is 1. The van der Waals surface area contributed by atoms with Gasteiger partial charge in [-0.05, 0) is 29.1 Å². The van der Waals surface area contributed by atoms with E-state index in [1.54, 1.807) is 7.11 Å². The van der Waals surface area contributed by atoms with Crippen molar-refractivity contribution in [2.24, 2.45) is 0 Å². The molecule has 2 aromatic rings. The number of ether oxygens (including phenoxy) is 1. The topological polar surface area (TPSA) is 61.9 Å². The lowest BCUT2D eigenvalue weighted by Crippen LogP contribution is -2.50. The van der Waals surface area contributed by atoms with Crippen LogP contribution in [0.3, 0.4) is 0 Å². The molecular formula is C20H25N3O3S. The van der Waals surface area contributed by atoms with Crippen LogP contribution in [0.15, 0.2) is 41.8 Å². The average Bonchev–Trinajstić information content (AvgIpc) is 3.23. The van der Waals surface area contributed by atoms with E-state index in [1.165, 1.54) is 11.3 Å². The Labute approximate surface area is 163 Å². The molecule has 0 bridgehead atoms. The summed E-state index contributed by atoms with van der Waals surface area (Å²) in [5.74, 6) is 0.890. The van der Waals surface area contributed by atoms with Crippen molar-refractivity contribution < 1.29 is 14.3 Å². The maximum atomic E-state index is 12.3. The summed E-state index contributed by atoms with van der Waals surface area (Å²) in [5.41, 5.74) is 0.938. The van der Waals surface area contributed by atoms with Gasteiger partial charge < -0.3 is 15.0 Å². The van der Waals surface area contributed by atoms with Crippen molar-refractivity contribution in [2.75, 3.05) is 46.4 Å². The maximum Gasteiger partial charge on any atom is 0.264 e. The van der Waals surface area contributed by atoms with Crippen LogP contribution < -0.4 is 10.1 Å². The fourth-order valence-electron chi connectivity index (χ4n) is 3.11. The van der Waals surface area contributed by atoms with Crippen LogP contribution in [0.25, 0.3) is 0 Å². The van der Waals surface area contributed by atoms with Crippen LogP contribution in [0, 0.1) is 0 Å². The van der Waals surface area contributed by atoms with Gasteiger partial charge in [0.1, 0.15) is 5.75 Å². The fourth-order valence-corrected chi connectivity index (χ4v) is 3.81. The first-order chi connectivity index (χ1) is 13.2. The molecule has 0 atom stereocenters. The molecule has 2 amide bonds. The molecule has 1 aromatic carbocycles. The molecule has 3 rings (SSSR count). The van der Waals surface area contributed by atoms with Gasteiger partial charge in [0.05, 0.1) is 18.4 Å². The van der Waals surface area contributed by atoms with Crippen LogP contribution in [0.1, 0.15) is 15.2 Å². The SMILES string of the molecule is COc1cccc(CC(=O)NCCN2CCN(C(=O)c3cccs3)CC2)c1. The molecular weight excluding hydrogens is 362 g/mol. The van der Waals surface area contributed by atoms with Crippen LogP contribution in [-0.2, 0) is 11.2 Å². The van der Waals surface area contributed by atoms with E-state index in [2.05, 4.69) is 10.2 Å². The number of carbonyl (C=O) groups is 2. The van der Waals surface area contributed by atoms with Crippen molar-refractivity contribution in [3.8, 4) is 5.75 Å². The zero-order valence-corrected chi connectivity index (χ0v) is 16.3. The Morgan fingerprint density at radius 2 is 1.96 bits per heavy atom. The Kier molecular flexibility index (Phi) is 6.84. The molecule has 144 valence electrons. The van der Waals surface area contributed by atoms with Crippen molar-refractivity contribution in [3.63, 3.8) is 0 Å². The molecule has 7 heteroatoms. The molecule has 1 N–H and O–H groups in total. The monoisotopic (exact) mass is 387 g/mol. The lowest BCUT2D eigenvalue weighted by Gasteiger charge is -2.34. The molecule has 6 nitrogen and oxygen atoms in total. The smallest absolute Gasteiger partial charge is 0.264 e. The number of benzene rings is 1. The van der Waals surface area contributed by atoms with Crippen molar-refractivity contribution in [3.05, 3.63) is 52.2 Å². The van der Waals surface area contributed by atoms with Crippen LogP contribution in [0.2, 0.25) is 0 Å². The Hall–Kier alpha value is -2.38. The summed E-state index contributed by atoms with van der Waals surface area (Å²) in [5, 5.41) is 4.90. The van der Waals surface area contributed by atoms with Crippen LogP contribution in [-0.4, -0.2) is 68.0 Å². The van der Waals surface area contributed by atoms with Gasteiger partial charge in [-0.3, -0.25) is 14.5 Å². The Morgan fingerprint density at radius 1 is 1.15 bits per heavy atom. The maximum absolute atomic E-state index is 12.3. The zero-order valence-electron chi connectivity index (χ0n) is 15.5. The normalized spacial score (nSPS) is 14.8. The zero-order chi connectivity index (χ0) is 19.1. The number of thiophene rings is 1. The van der Waals surface area contributed by atoms with Gasteiger partial charge in [-0.1, -0.05) is 18.2 Å². The first-order valence-corrected chi connectivity index (χ1v) is 9.98. The first kappa shape index (κ1) is 19.4. The van der Waals surface area contributed by atoms with Crippen molar-refractivity contribution >= 4 is 23.2 Å². The molecule has 1 aliphatic heterocycles. The summed E-state index contributed by atoms with van der Waals surface area (Å²) in [6.45, 7) is 4.54. The second-order valence-electron chi connectivity index (χ2n) is 6.49.